The summed E-state index contributed by atoms with van der Waals surface area (Å²) < 4.78 is 87.6. The van der Waals surface area contributed by atoms with Gasteiger partial charge >= 0.3 is 12.4 Å². The summed E-state index contributed by atoms with van der Waals surface area (Å²) in [5.74, 6) is -0.339. The average molecular weight is 873 g/mol. The molecule has 3 aromatic heterocycles. The van der Waals surface area contributed by atoms with E-state index in [1.54, 1.807) is 12.4 Å². The Balaban J connectivity index is 0.000000238. The highest BCUT2D eigenvalue weighted by Gasteiger charge is 2.34. The summed E-state index contributed by atoms with van der Waals surface area (Å²) in [5, 5.41) is 0. The molecule has 334 valence electrons. The van der Waals surface area contributed by atoms with Crippen molar-refractivity contribution in [1.29, 1.82) is 0 Å². The van der Waals surface area contributed by atoms with Crippen molar-refractivity contribution in [3.05, 3.63) is 179 Å². The van der Waals surface area contributed by atoms with Crippen LogP contribution in [0.15, 0.2) is 134 Å². The molecule has 0 aliphatic rings. The average Bonchev–Trinajstić information content (AvgIpc) is 3.24. The molecule has 6 aromatic rings. The molecule has 0 N–H and O–H groups in total. The number of halogens is 6. The van der Waals surface area contributed by atoms with Gasteiger partial charge in [0.15, 0.2) is 5.75 Å². The maximum atomic E-state index is 12.7. The normalized spacial score (nSPS) is 12.5. The van der Waals surface area contributed by atoms with Gasteiger partial charge in [0.2, 0.25) is 5.82 Å². The quantitative estimate of drug-likeness (QED) is 0.0791. The number of hydrogen-bond acceptors (Lipinski definition) is 8. The van der Waals surface area contributed by atoms with Gasteiger partial charge in [0, 0.05) is 75.4 Å². The molecule has 8 nitrogen and oxygen atoms in total. The van der Waals surface area contributed by atoms with Crippen molar-refractivity contribution in [3.63, 3.8) is 0 Å². The van der Waals surface area contributed by atoms with E-state index in [0.29, 0.717) is 25.5 Å². The Hall–Kier alpha value is -5.86. The van der Waals surface area contributed by atoms with Gasteiger partial charge in [-0.2, -0.15) is 26.3 Å². The minimum Gasteiger partial charge on any atom is -0.493 e. The number of rotatable bonds is 18. The lowest BCUT2D eigenvalue weighted by Crippen LogP contribution is -2.37. The topological polar surface area (TPSA) is 76.5 Å². The van der Waals surface area contributed by atoms with E-state index in [9.17, 15) is 26.3 Å². The molecule has 1 atom stereocenters. The van der Waals surface area contributed by atoms with E-state index in [-0.39, 0.29) is 17.1 Å². The summed E-state index contributed by atoms with van der Waals surface area (Å²) in [7, 11) is 0. The molecule has 0 aliphatic heterocycles. The van der Waals surface area contributed by atoms with Gasteiger partial charge in [0.25, 0.3) is 0 Å². The maximum Gasteiger partial charge on any atom is 0.451 e. The molecule has 63 heavy (non-hydrogen) atoms. The molecule has 0 radical (unpaired) electrons. The molecule has 0 fully saturated rings. The van der Waals surface area contributed by atoms with E-state index in [1.807, 2.05) is 54.9 Å². The first-order chi connectivity index (χ1) is 29.9. The molecule has 0 amide bonds. The van der Waals surface area contributed by atoms with E-state index in [2.05, 4.69) is 94.7 Å². The molecule has 3 heterocycles. The Bertz CT molecular complexity index is 2260. The first kappa shape index (κ1) is 48.2. The SMILES string of the molecule is Cc1ccccc1CN(Cc1cccnc1)CC(C)(C)COc1cnc(C(F)(F)F)nc1.Cc1ccccc1CN(Cc1cccnc1)CC(C)COc1ccc(C(F)(F)F)cc1. The van der Waals surface area contributed by atoms with Crippen LogP contribution in [-0.4, -0.2) is 56.0 Å². The second kappa shape index (κ2) is 22.5. The molecular weight excluding hydrogens is 819 g/mol. The third kappa shape index (κ3) is 16.4. The summed E-state index contributed by atoms with van der Waals surface area (Å²) in [6.07, 6.45) is 0.449. The van der Waals surface area contributed by atoms with Crippen LogP contribution in [0.3, 0.4) is 0 Å². The molecule has 0 bridgehead atoms. The van der Waals surface area contributed by atoms with E-state index < -0.39 is 23.7 Å². The molecule has 3 aromatic carbocycles. The Labute approximate surface area is 366 Å². The summed E-state index contributed by atoms with van der Waals surface area (Å²) in [6.45, 7) is 15.6. The van der Waals surface area contributed by atoms with E-state index >= 15 is 0 Å². The third-order valence-corrected chi connectivity index (χ3v) is 10.0. The third-order valence-electron chi connectivity index (χ3n) is 10.0. The fourth-order valence-corrected chi connectivity index (χ4v) is 6.85. The van der Waals surface area contributed by atoms with Crippen LogP contribution in [0.1, 0.15) is 65.5 Å². The number of benzene rings is 3. The van der Waals surface area contributed by atoms with Crippen LogP contribution in [0, 0.1) is 25.2 Å². The number of hydrogen-bond donors (Lipinski definition) is 0. The van der Waals surface area contributed by atoms with Crippen molar-refractivity contribution in [3.8, 4) is 11.5 Å². The smallest absolute Gasteiger partial charge is 0.451 e. The number of aryl methyl sites for hydroxylation is 2. The summed E-state index contributed by atoms with van der Waals surface area (Å²) in [4.78, 5) is 19.8. The second-order valence-corrected chi connectivity index (χ2v) is 16.5. The van der Waals surface area contributed by atoms with E-state index in [1.165, 1.54) is 34.4 Å². The first-order valence-corrected chi connectivity index (χ1v) is 20.6. The van der Waals surface area contributed by atoms with Crippen LogP contribution in [0.4, 0.5) is 26.3 Å². The minimum absolute atomic E-state index is 0.183. The highest BCUT2D eigenvalue weighted by Crippen LogP contribution is 2.31. The Morgan fingerprint density at radius 3 is 1.59 bits per heavy atom. The molecule has 0 aliphatic carbocycles. The van der Waals surface area contributed by atoms with Crippen molar-refractivity contribution in [2.75, 3.05) is 26.3 Å². The Morgan fingerprint density at radius 1 is 0.571 bits per heavy atom. The van der Waals surface area contributed by atoms with Crippen molar-refractivity contribution in [1.82, 2.24) is 29.7 Å². The summed E-state index contributed by atoms with van der Waals surface area (Å²) in [6, 6.07) is 29.4. The molecule has 1 unspecified atom stereocenters. The van der Waals surface area contributed by atoms with Gasteiger partial charge in [-0.1, -0.05) is 81.4 Å². The molecule has 14 heteroatoms. The highest BCUT2D eigenvalue weighted by atomic mass is 19.4. The van der Waals surface area contributed by atoms with Crippen LogP contribution >= 0.6 is 0 Å². The Morgan fingerprint density at radius 2 is 1.10 bits per heavy atom. The van der Waals surface area contributed by atoms with Crippen LogP contribution in [0.5, 0.6) is 11.5 Å². The van der Waals surface area contributed by atoms with Gasteiger partial charge in [-0.15, -0.1) is 0 Å². The Kier molecular flexibility index (Phi) is 17.2. The van der Waals surface area contributed by atoms with Crippen LogP contribution in [-0.2, 0) is 38.5 Å². The van der Waals surface area contributed by atoms with Gasteiger partial charge < -0.3 is 9.47 Å². The summed E-state index contributed by atoms with van der Waals surface area (Å²) in [5.41, 5.74) is 6.25. The molecule has 6 rings (SSSR count). The monoisotopic (exact) mass is 872 g/mol. The minimum atomic E-state index is -4.57. The first-order valence-electron chi connectivity index (χ1n) is 20.6. The lowest BCUT2D eigenvalue weighted by atomic mass is 9.93. The number of alkyl halides is 6. The van der Waals surface area contributed by atoms with Crippen molar-refractivity contribution in [2.24, 2.45) is 11.3 Å². The van der Waals surface area contributed by atoms with E-state index in [0.717, 1.165) is 68.4 Å². The van der Waals surface area contributed by atoms with Gasteiger partial charge in [-0.25, -0.2) is 9.97 Å². The zero-order valence-corrected chi connectivity index (χ0v) is 36.2. The number of pyridine rings is 2. The fraction of sp³-hybridized carbons (Fsp3) is 0.347. The van der Waals surface area contributed by atoms with Crippen LogP contribution < -0.4 is 9.47 Å². The molecular formula is C49H54F6N6O2. The molecule has 0 spiro atoms. The zero-order chi connectivity index (χ0) is 45.5. The van der Waals surface area contributed by atoms with Gasteiger partial charge in [-0.3, -0.25) is 19.8 Å². The van der Waals surface area contributed by atoms with Gasteiger partial charge in [-0.05, 0) is 83.6 Å². The zero-order valence-electron chi connectivity index (χ0n) is 36.2. The maximum absolute atomic E-state index is 12.7. The number of ether oxygens (including phenoxy) is 2. The van der Waals surface area contributed by atoms with Crippen LogP contribution in [0.2, 0.25) is 0 Å². The second-order valence-electron chi connectivity index (χ2n) is 16.5. The van der Waals surface area contributed by atoms with Gasteiger partial charge in [0.1, 0.15) is 5.75 Å². The van der Waals surface area contributed by atoms with Crippen LogP contribution in [0.25, 0.3) is 0 Å². The van der Waals surface area contributed by atoms with Gasteiger partial charge in [0.05, 0.1) is 31.2 Å². The predicted molar refractivity (Wildman–Crippen MR) is 231 cm³/mol. The molecule has 0 saturated carbocycles. The van der Waals surface area contributed by atoms with Crippen molar-refractivity contribution >= 4 is 0 Å². The lowest BCUT2D eigenvalue weighted by molar-refractivity contribution is -0.145. The largest absolute Gasteiger partial charge is 0.493 e. The standard InChI is InChI=1S/C25H27F3N2O.C24H27F3N4O/c1-19(18-31-24-11-9-23(10-12-24)25(26,27)28)15-30(16-21-7-5-13-29-14-21)17-22-8-4-3-6-20(22)2;1-18-7-4-5-9-20(18)15-31(14-19-8-6-10-28-11-19)16-23(2,3)17-32-21-12-29-22(30-13-21)24(25,26)27/h3-14,19H,15-18H2,1-2H3;4-13H,14-17H2,1-3H3. The fourth-order valence-electron chi connectivity index (χ4n) is 6.85. The lowest BCUT2D eigenvalue weighted by Gasteiger charge is -2.33. The van der Waals surface area contributed by atoms with E-state index in [4.69, 9.17) is 9.47 Å². The molecule has 0 saturated heterocycles. The highest BCUT2D eigenvalue weighted by molar-refractivity contribution is 5.29. The van der Waals surface area contributed by atoms with Crippen molar-refractivity contribution < 1.29 is 35.8 Å². The summed E-state index contributed by atoms with van der Waals surface area (Å²) >= 11 is 0. The van der Waals surface area contributed by atoms with Crippen molar-refractivity contribution in [2.45, 2.75) is 73.2 Å². The number of nitrogens with zero attached hydrogens (tertiary/aromatic N) is 6. The predicted octanol–water partition coefficient (Wildman–Crippen LogP) is 11.4. The number of aromatic nitrogens is 4.